The van der Waals surface area contributed by atoms with Gasteiger partial charge in [-0.3, -0.25) is 4.68 Å². The van der Waals surface area contributed by atoms with Gasteiger partial charge in [0.25, 0.3) is 0 Å². The fourth-order valence-corrected chi connectivity index (χ4v) is 1.78. The zero-order valence-corrected chi connectivity index (χ0v) is 11.2. The molecular weight excluding hydrogens is 244 g/mol. The molecule has 0 aliphatic rings. The maximum absolute atomic E-state index is 9.08. The summed E-state index contributed by atoms with van der Waals surface area (Å²) in [6.07, 6.45) is 0. The van der Waals surface area contributed by atoms with E-state index in [1.165, 1.54) is 9.36 Å². The monoisotopic (exact) mass is 258 g/mol. The zero-order valence-electron chi connectivity index (χ0n) is 11.2. The molecule has 0 fully saturated rings. The normalized spacial score (nSPS) is 11.1. The van der Waals surface area contributed by atoms with Gasteiger partial charge in [-0.1, -0.05) is 0 Å². The molecule has 0 aromatic carbocycles. The fraction of sp³-hybridized carbons (Fsp3) is 0.364. The Morgan fingerprint density at radius 2 is 1.74 bits per heavy atom. The molecule has 19 heavy (non-hydrogen) atoms. The van der Waals surface area contributed by atoms with E-state index in [0.717, 1.165) is 0 Å². The topological polar surface area (TPSA) is 110 Å². The molecule has 0 radical (unpaired) electrons. The highest BCUT2D eigenvalue weighted by Gasteiger charge is 2.14. The second kappa shape index (κ2) is 4.53. The first-order valence-electron chi connectivity index (χ1n) is 5.60. The minimum absolute atomic E-state index is 0.405. The maximum Gasteiger partial charge on any atom is 0.191 e. The molecule has 0 saturated carbocycles. The van der Waals surface area contributed by atoms with Gasteiger partial charge in [-0.05, 0) is 13.8 Å². The van der Waals surface area contributed by atoms with Crippen molar-refractivity contribution in [1.82, 2.24) is 19.6 Å². The Morgan fingerprint density at radius 3 is 2.26 bits per heavy atom. The minimum Gasteiger partial charge on any atom is -0.382 e. The van der Waals surface area contributed by atoms with Gasteiger partial charge in [0.15, 0.2) is 11.5 Å². The first kappa shape index (κ1) is 12.8. The lowest BCUT2D eigenvalue weighted by atomic mass is 10.3. The molecule has 2 rings (SSSR count). The van der Waals surface area contributed by atoms with Gasteiger partial charge in [-0.25, -0.2) is 4.68 Å². The third kappa shape index (κ3) is 2.06. The Kier molecular flexibility index (Phi) is 3.04. The van der Waals surface area contributed by atoms with Crippen LogP contribution in [0.5, 0.6) is 0 Å². The van der Waals surface area contributed by atoms with Crippen molar-refractivity contribution in [2.45, 2.75) is 13.8 Å². The van der Waals surface area contributed by atoms with Crippen LogP contribution in [0.2, 0.25) is 0 Å². The number of hydrogen-bond acceptors (Lipinski definition) is 6. The van der Waals surface area contributed by atoms with Gasteiger partial charge >= 0.3 is 0 Å². The largest absolute Gasteiger partial charge is 0.382 e. The van der Waals surface area contributed by atoms with Crippen molar-refractivity contribution in [3.8, 4) is 6.07 Å². The number of azo groups is 1. The van der Waals surface area contributed by atoms with Gasteiger partial charge in [-0.15, -0.1) is 10.2 Å². The summed E-state index contributed by atoms with van der Waals surface area (Å²) >= 11 is 0. The Bertz CT molecular complexity index is 697. The van der Waals surface area contributed by atoms with E-state index in [2.05, 4.69) is 26.5 Å². The van der Waals surface area contributed by atoms with Gasteiger partial charge in [0.05, 0.1) is 11.4 Å². The molecule has 0 atom stereocenters. The Labute approximate surface area is 110 Å². The number of nitriles is 1. The van der Waals surface area contributed by atoms with Crippen molar-refractivity contribution < 1.29 is 0 Å². The number of anilines is 1. The van der Waals surface area contributed by atoms with Crippen LogP contribution in [-0.4, -0.2) is 19.6 Å². The van der Waals surface area contributed by atoms with E-state index < -0.39 is 0 Å². The molecular formula is C11H14N8. The summed E-state index contributed by atoms with van der Waals surface area (Å²) in [5, 5.41) is 25.5. The molecule has 0 aliphatic carbocycles. The average Bonchev–Trinajstić information content (AvgIpc) is 2.75. The molecule has 0 spiro atoms. The second-order valence-corrected chi connectivity index (χ2v) is 4.16. The average molecular weight is 258 g/mol. The highest BCUT2D eigenvalue weighted by molar-refractivity contribution is 5.61. The van der Waals surface area contributed by atoms with Crippen LogP contribution in [0.15, 0.2) is 10.2 Å². The molecule has 8 nitrogen and oxygen atoms in total. The standard InChI is InChI=1S/C11H14N8/c1-6-8(5-12)11(19(4)16-6)15-14-9-7(2)17-18(3)10(9)13/h13H2,1-4H3. The van der Waals surface area contributed by atoms with Gasteiger partial charge in [0.1, 0.15) is 17.5 Å². The van der Waals surface area contributed by atoms with E-state index in [9.17, 15) is 0 Å². The number of rotatable bonds is 2. The number of aromatic nitrogens is 4. The molecule has 0 saturated heterocycles. The van der Waals surface area contributed by atoms with Crippen molar-refractivity contribution in [2.75, 3.05) is 5.73 Å². The molecule has 2 N–H and O–H groups in total. The Hall–Kier alpha value is -2.69. The van der Waals surface area contributed by atoms with E-state index in [1.807, 2.05) is 0 Å². The molecule has 0 amide bonds. The molecule has 2 aromatic rings. The number of aryl methyl sites for hydroxylation is 4. The van der Waals surface area contributed by atoms with E-state index in [1.54, 1.807) is 27.9 Å². The van der Waals surface area contributed by atoms with Gasteiger partial charge in [0.2, 0.25) is 0 Å². The van der Waals surface area contributed by atoms with Crippen LogP contribution in [0.4, 0.5) is 17.3 Å². The van der Waals surface area contributed by atoms with Crippen LogP contribution in [-0.2, 0) is 14.1 Å². The van der Waals surface area contributed by atoms with Crippen LogP contribution < -0.4 is 5.73 Å². The van der Waals surface area contributed by atoms with E-state index >= 15 is 0 Å². The molecule has 8 heteroatoms. The third-order valence-corrected chi connectivity index (χ3v) is 2.78. The fourth-order valence-electron chi connectivity index (χ4n) is 1.78. The maximum atomic E-state index is 9.08. The number of nitrogens with two attached hydrogens (primary N) is 1. The SMILES string of the molecule is Cc1nn(C)c(N=Nc2c(C)nn(C)c2N)c1C#N. The van der Waals surface area contributed by atoms with E-state index in [0.29, 0.717) is 34.3 Å². The summed E-state index contributed by atoms with van der Waals surface area (Å²) in [5.41, 5.74) is 8.06. The molecule has 0 bridgehead atoms. The van der Waals surface area contributed by atoms with Crippen molar-refractivity contribution in [3.05, 3.63) is 17.0 Å². The predicted molar refractivity (Wildman–Crippen MR) is 69.2 cm³/mol. The highest BCUT2D eigenvalue weighted by Crippen LogP contribution is 2.29. The van der Waals surface area contributed by atoms with Crippen LogP contribution in [0, 0.1) is 25.2 Å². The summed E-state index contributed by atoms with van der Waals surface area (Å²) in [7, 11) is 3.44. The van der Waals surface area contributed by atoms with Gasteiger partial charge in [-0.2, -0.15) is 15.5 Å². The lowest BCUT2D eigenvalue weighted by Crippen LogP contribution is -1.96. The lowest BCUT2D eigenvalue weighted by Gasteiger charge is -1.95. The minimum atomic E-state index is 0.405. The Balaban J connectivity index is 2.47. The van der Waals surface area contributed by atoms with Crippen LogP contribution in [0.25, 0.3) is 0 Å². The van der Waals surface area contributed by atoms with Gasteiger partial charge in [0, 0.05) is 14.1 Å². The summed E-state index contributed by atoms with van der Waals surface area (Å²) in [4.78, 5) is 0. The predicted octanol–water partition coefficient (Wildman–Crippen LogP) is 1.64. The molecule has 2 aromatic heterocycles. The van der Waals surface area contributed by atoms with Crippen molar-refractivity contribution in [1.29, 1.82) is 5.26 Å². The first-order valence-corrected chi connectivity index (χ1v) is 5.60. The van der Waals surface area contributed by atoms with Crippen LogP contribution in [0.1, 0.15) is 17.0 Å². The van der Waals surface area contributed by atoms with Crippen molar-refractivity contribution in [2.24, 2.45) is 24.3 Å². The molecule has 0 aliphatic heterocycles. The lowest BCUT2D eigenvalue weighted by molar-refractivity contribution is 0.753. The molecule has 0 unspecified atom stereocenters. The van der Waals surface area contributed by atoms with Crippen molar-refractivity contribution in [3.63, 3.8) is 0 Å². The molecule has 98 valence electrons. The van der Waals surface area contributed by atoms with Crippen LogP contribution in [0.3, 0.4) is 0 Å². The quantitative estimate of drug-likeness (QED) is 0.825. The zero-order chi connectivity index (χ0) is 14.2. The number of nitrogen functional groups attached to an aromatic ring is 1. The Morgan fingerprint density at radius 1 is 1.11 bits per heavy atom. The summed E-state index contributed by atoms with van der Waals surface area (Å²) < 4.78 is 3.04. The second-order valence-electron chi connectivity index (χ2n) is 4.16. The van der Waals surface area contributed by atoms with E-state index in [-0.39, 0.29) is 0 Å². The highest BCUT2D eigenvalue weighted by atomic mass is 15.4. The smallest absolute Gasteiger partial charge is 0.191 e. The third-order valence-electron chi connectivity index (χ3n) is 2.78. The number of nitrogens with zero attached hydrogens (tertiary/aromatic N) is 7. The van der Waals surface area contributed by atoms with Gasteiger partial charge < -0.3 is 5.73 Å². The molecule has 2 heterocycles. The first-order chi connectivity index (χ1) is 8.95. The summed E-state index contributed by atoms with van der Waals surface area (Å²) in [6.45, 7) is 3.55. The van der Waals surface area contributed by atoms with Crippen LogP contribution >= 0.6 is 0 Å². The summed E-state index contributed by atoms with van der Waals surface area (Å²) in [5.74, 6) is 0.835. The summed E-state index contributed by atoms with van der Waals surface area (Å²) in [6, 6.07) is 2.07. The van der Waals surface area contributed by atoms with Crippen molar-refractivity contribution >= 4 is 17.3 Å². The van der Waals surface area contributed by atoms with E-state index in [4.69, 9.17) is 11.0 Å². The number of hydrogen-bond donors (Lipinski definition) is 1.